The molecule has 3 atom stereocenters. The second kappa shape index (κ2) is 13.6. The Hall–Kier alpha value is -2.66. The molecule has 0 aliphatic carbocycles. The van der Waals surface area contributed by atoms with E-state index >= 15 is 0 Å². The van der Waals surface area contributed by atoms with Crippen molar-refractivity contribution in [2.24, 2.45) is 5.92 Å². The molecule has 0 bridgehead atoms. The number of carbonyl (C=O) groups excluding carboxylic acids is 2. The maximum Gasteiger partial charge on any atom is 0.246 e. The van der Waals surface area contributed by atoms with E-state index in [0.29, 0.717) is 37.5 Å². The van der Waals surface area contributed by atoms with Gasteiger partial charge in [0.2, 0.25) is 18.6 Å². The first-order valence-electron chi connectivity index (χ1n) is 12.5. The van der Waals surface area contributed by atoms with Crippen molar-refractivity contribution in [3.63, 3.8) is 0 Å². The number of aliphatic hydroxyl groups excluding tert-OH is 3. The molecule has 2 heterocycles. The Bertz CT molecular complexity index is 906. The molecule has 1 aromatic rings. The van der Waals surface area contributed by atoms with Crippen LogP contribution in [-0.4, -0.2) is 101 Å². The summed E-state index contributed by atoms with van der Waals surface area (Å²) in [6, 6.07) is 5.44. The molecule has 10 heteroatoms. The summed E-state index contributed by atoms with van der Waals surface area (Å²) in [5.74, 6) is 1.02. The third kappa shape index (κ3) is 8.19. The number of rotatable bonds is 4. The molecule has 0 radical (unpaired) electrons. The van der Waals surface area contributed by atoms with Crippen LogP contribution >= 0.6 is 0 Å². The molecule has 3 rings (SSSR count). The van der Waals surface area contributed by atoms with E-state index < -0.39 is 18.3 Å². The van der Waals surface area contributed by atoms with Crippen molar-refractivity contribution < 1.29 is 39.1 Å². The fourth-order valence-electron chi connectivity index (χ4n) is 4.06. The number of benzene rings is 1. The predicted octanol–water partition coefficient (Wildman–Crippen LogP) is 1.02. The summed E-state index contributed by atoms with van der Waals surface area (Å²) >= 11 is 0. The van der Waals surface area contributed by atoms with Crippen molar-refractivity contribution in [3.8, 4) is 11.5 Å². The average molecular weight is 507 g/mol. The molecule has 2 aliphatic heterocycles. The molecular weight excluding hydrogens is 468 g/mol. The van der Waals surface area contributed by atoms with Crippen LogP contribution in [0.15, 0.2) is 24.3 Å². The molecule has 1 fully saturated rings. The van der Waals surface area contributed by atoms with Gasteiger partial charge < -0.3 is 39.3 Å². The average Bonchev–Trinajstić information content (AvgIpc) is 3.31. The summed E-state index contributed by atoms with van der Waals surface area (Å²) in [5, 5.41) is 30.9. The maximum absolute atomic E-state index is 13.1. The Morgan fingerprint density at radius 1 is 1.03 bits per heavy atom. The van der Waals surface area contributed by atoms with Crippen LogP contribution in [0.1, 0.15) is 38.7 Å². The van der Waals surface area contributed by atoms with Gasteiger partial charge in [-0.3, -0.25) is 9.59 Å². The number of fused-ring (bicyclic) bond motifs is 1. The summed E-state index contributed by atoms with van der Waals surface area (Å²) in [4.78, 5) is 29.1. The van der Waals surface area contributed by atoms with Crippen molar-refractivity contribution in [1.29, 1.82) is 0 Å². The van der Waals surface area contributed by atoms with Crippen molar-refractivity contribution >= 4 is 17.9 Å². The fraction of sp³-hybridized carbons (Fsp3) is 0.615. The highest BCUT2D eigenvalue weighted by atomic mass is 16.7. The second-order valence-electron chi connectivity index (χ2n) is 9.62. The quantitative estimate of drug-likeness (QED) is 0.517. The number of carbonyl (C=O) groups is 2. The Kier molecular flexibility index (Phi) is 10.5. The van der Waals surface area contributed by atoms with E-state index in [1.165, 1.54) is 11.0 Å². The minimum atomic E-state index is -1.45. The van der Waals surface area contributed by atoms with Crippen molar-refractivity contribution in [2.45, 2.75) is 51.4 Å². The Morgan fingerprint density at radius 3 is 2.56 bits per heavy atom. The number of amides is 2. The standard InChI is InChI=1S/C26H38N2O8/c1-18(2)13-25(32)28-11-10-27(9-3-4-12-34-16-21(30)26(33)20(29)15-28)24(31)8-6-19-5-7-22-23(14-19)36-17-35-22/h5-8,14,18,20-21,26,29-30,33H,3-4,9-13,15-17H2,1-2H3/b8-6+/t20-,21+,26+/m0/s1. The van der Waals surface area contributed by atoms with Gasteiger partial charge in [0.25, 0.3) is 0 Å². The largest absolute Gasteiger partial charge is 0.454 e. The molecule has 2 amide bonds. The molecule has 200 valence electrons. The summed E-state index contributed by atoms with van der Waals surface area (Å²) < 4.78 is 16.1. The van der Waals surface area contributed by atoms with E-state index in [1.54, 1.807) is 23.1 Å². The fourth-order valence-corrected chi connectivity index (χ4v) is 4.06. The van der Waals surface area contributed by atoms with Gasteiger partial charge in [0.1, 0.15) is 18.3 Å². The zero-order valence-corrected chi connectivity index (χ0v) is 21.0. The highest BCUT2D eigenvalue weighted by molar-refractivity contribution is 5.92. The Morgan fingerprint density at radius 2 is 1.78 bits per heavy atom. The lowest BCUT2D eigenvalue weighted by Crippen LogP contribution is -2.50. The van der Waals surface area contributed by atoms with Gasteiger partial charge in [0.15, 0.2) is 11.5 Å². The van der Waals surface area contributed by atoms with E-state index in [0.717, 1.165) is 5.56 Å². The minimum Gasteiger partial charge on any atom is -0.454 e. The molecule has 10 nitrogen and oxygen atoms in total. The normalized spacial score (nSPS) is 24.2. The highest BCUT2D eigenvalue weighted by Crippen LogP contribution is 2.32. The van der Waals surface area contributed by atoms with Crippen molar-refractivity contribution in [3.05, 3.63) is 29.8 Å². The predicted molar refractivity (Wildman–Crippen MR) is 132 cm³/mol. The summed E-state index contributed by atoms with van der Waals surface area (Å²) in [6.45, 7) is 5.03. The number of ether oxygens (including phenoxy) is 3. The first kappa shape index (κ1) is 27.9. The number of hydrogen-bond acceptors (Lipinski definition) is 8. The van der Waals surface area contributed by atoms with Gasteiger partial charge in [-0.05, 0) is 42.5 Å². The monoisotopic (exact) mass is 506 g/mol. The van der Waals surface area contributed by atoms with Crippen LogP contribution in [-0.2, 0) is 14.3 Å². The van der Waals surface area contributed by atoms with Crippen LogP contribution in [0.4, 0.5) is 0 Å². The van der Waals surface area contributed by atoms with Crippen LogP contribution < -0.4 is 9.47 Å². The lowest BCUT2D eigenvalue weighted by atomic mass is 10.1. The zero-order valence-electron chi connectivity index (χ0n) is 21.0. The van der Waals surface area contributed by atoms with Crippen LogP contribution in [0.3, 0.4) is 0 Å². The van der Waals surface area contributed by atoms with E-state index in [-0.39, 0.29) is 57.2 Å². The van der Waals surface area contributed by atoms with Gasteiger partial charge >= 0.3 is 0 Å². The topological polar surface area (TPSA) is 129 Å². The van der Waals surface area contributed by atoms with Crippen molar-refractivity contribution in [1.82, 2.24) is 9.80 Å². The first-order chi connectivity index (χ1) is 17.2. The second-order valence-corrected chi connectivity index (χ2v) is 9.62. The van der Waals surface area contributed by atoms with Crippen molar-refractivity contribution in [2.75, 3.05) is 46.2 Å². The van der Waals surface area contributed by atoms with Crippen LogP contribution in [0.2, 0.25) is 0 Å². The van der Waals surface area contributed by atoms with Gasteiger partial charge in [0.05, 0.1) is 6.61 Å². The van der Waals surface area contributed by atoms with E-state index in [9.17, 15) is 24.9 Å². The Balaban J connectivity index is 1.72. The SMILES string of the molecule is CC(C)CC(=O)N1CCN(C(=O)/C=C/c2ccc3c(c2)OCO3)CCCCOC[C@@H](O)[C@H](O)[C@@H](O)C1. The Labute approximate surface area is 212 Å². The lowest BCUT2D eigenvalue weighted by molar-refractivity contribution is -0.139. The molecule has 2 aliphatic rings. The van der Waals surface area contributed by atoms with Gasteiger partial charge in [-0.25, -0.2) is 0 Å². The van der Waals surface area contributed by atoms with Crippen LogP contribution in [0.5, 0.6) is 11.5 Å². The molecular formula is C26H38N2O8. The highest BCUT2D eigenvalue weighted by Gasteiger charge is 2.29. The van der Waals surface area contributed by atoms with Gasteiger partial charge in [-0.15, -0.1) is 0 Å². The van der Waals surface area contributed by atoms with Gasteiger partial charge in [0, 0.05) is 45.3 Å². The smallest absolute Gasteiger partial charge is 0.246 e. The minimum absolute atomic E-state index is 0.106. The molecule has 0 saturated carbocycles. The molecule has 3 N–H and O–H groups in total. The first-order valence-corrected chi connectivity index (χ1v) is 12.5. The van der Waals surface area contributed by atoms with Gasteiger partial charge in [-0.2, -0.15) is 0 Å². The molecule has 1 saturated heterocycles. The van der Waals surface area contributed by atoms with Gasteiger partial charge in [-0.1, -0.05) is 19.9 Å². The maximum atomic E-state index is 13.1. The molecule has 1 aromatic carbocycles. The van der Waals surface area contributed by atoms with E-state index in [1.807, 2.05) is 19.9 Å². The number of hydrogen-bond donors (Lipinski definition) is 3. The molecule has 0 spiro atoms. The summed E-state index contributed by atoms with van der Waals surface area (Å²) in [7, 11) is 0. The number of aliphatic hydroxyl groups is 3. The number of nitrogens with zero attached hydrogens (tertiary/aromatic N) is 2. The molecule has 0 aromatic heterocycles. The zero-order chi connectivity index (χ0) is 26.1. The van der Waals surface area contributed by atoms with Crippen LogP contribution in [0.25, 0.3) is 6.08 Å². The molecule has 36 heavy (non-hydrogen) atoms. The lowest BCUT2D eigenvalue weighted by Gasteiger charge is -2.32. The number of β-amino-alcohol motifs (C(OH)–C–C–N with tert-alkyl or cyclic N) is 1. The molecule has 0 unspecified atom stereocenters. The summed E-state index contributed by atoms with van der Waals surface area (Å²) in [5.41, 5.74) is 0.799. The third-order valence-corrected chi connectivity index (χ3v) is 6.15. The van der Waals surface area contributed by atoms with Crippen LogP contribution in [0, 0.1) is 5.92 Å². The summed E-state index contributed by atoms with van der Waals surface area (Å²) in [6.07, 6.45) is 0.731. The third-order valence-electron chi connectivity index (χ3n) is 6.15. The van der Waals surface area contributed by atoms with E-state index in [4.69, 9.17) is 14.2 Å². The van der Waals surface area contributed by atoms with E-state index in [2.05, 4.69) is 0 Å².